The van der Waals surface area contributed by atoms with Crippen molar-refractivity contribution in [2.75, 3.05) is 11.9 Å². The maximum absolute atomic E-state index is 11.7. The molecule has 2 aromatic heterocycles. The van der Waals surface area contributed by atoms with Crippen molar-refractivity contribution in [2.45, 2.75) is 0 Å². The number of nitrogens with zero attached hydrogens (tertiary/aromatic N) is 2. The number of hydrogen-bond acceptors (Lipinski definition) is 4. The van der Waals surface area contributed by atoms with Gasteiger partial charge in [-0.15, -0.1) is 0 Å². The summed E-state index contributed by atoms with van der Waals surface area (Å²) in [5, 5.41) is 5.26. The van der Waals surface area contributed by atoms with E-state index in [0.29, 0.717) is 5.69 Å². The molecule has 0 aliphatic heterocycles. The maximum Gasteiger partial charge on any atom is 0.270 e. The molecule has 2 aromatic rings. The topological polar surface area (TPSA) is 84.0 Å². The molecule has 6 nitrogen and oxygen atoms in total. The van der Waals surface area contributed by atoms with Gasteiger partial charge < -0.3 is 10.6 Å². The quantitative estimate of drug-likeness (QED) is 0.844. The lowest BCUT2D eigenvalue weighted by atomic mass is 10.3. The zero-order valence-corrected chi connectivity index (χ0v) is 12.1. The molecule has 21 heavy (non-hydrogen) atoms. The van der Waals surface area contributed by atoms with E-state index in [-0.39, 0.29) is 22.5 Å². The fourth-order valence-corrected chi connectivity index (χ4v) is 1.84. The molecule has 0 saturated carbocycles. The highest BCUT2D eigenvalue weighted by Crippen LogP contribution is 2.21. The first-order valence-corrected chi connectivity index (χ1v) is 6.63. The summed E-state index contributed by atoms with van der Waals surface area (Å²) in [5.74, 6) is -0.878. The Balaban J connectivity index is 1.89. The Morgan fingerprint density at radius 1 is 1.14 bits per heavy atom. The Labute approximate surface area is 130 Å². The SMILES string of the molecule is O=C(CNC(=O)c1ccccn1)Nc1ccc(Cl)nc1Cl. The van der Waals surface area contributed by atoms with Gasteiger partial charge in [-0.05, 0) is 24.3 Å². The molecule has 0 fully saturated rings. The summed E-state index contributed by atoms with van der Waals surface area (Å²) in [6.07, 6.45) is 1.49. The molecule has 108 valence electrons. The molecule has 0 atom stereocenters. The van der Waals surface area contributed by atoms with Gasteiger partial charge in [0.1, 0.15) is 10.8 Å². The average molecular weight is 325 g/mol. The van der Waals surface area contributed by atoms with Crippen molar-refractivity contribution in [2.24, 2.45) is 0 Å². The number of amides is 2. The van der Waals surface area contributed by atoms with Gasteiger partial charge >= 0.3 is 0 Å². The average Bonchev–Trinajstić information content (AvgIpc) is 2.48. The Morgan fingerprint density at radius 2 is 1.95 bits per heavy atom. The van der Waals surface area contributed by atoms with Crippen LogP contribution < -0.4 is 10.6 Å². The van der Waals surface area contributed by atoms with Crippen molar-refractivity contribution < 1.29 is 9.59 Å². The first-order chi connectivity index (χ1) is 10.1. The van der Waals surface area contributed by atoms with Crippen molar-refractivity contribution in [3.8, 4) is 0 Å². The number of pyridine rings is 2. The van der Waals surface area contributed by atoms with Crippen LogP contribution in [0.5, 0.6) is 0 Å². The molecule has 2 heterocycles. The lowest BCUT2D eigenvalue weighted by Gasteiger charge is -2.07. The number of halogens is 2. The van der Waals surface area contributed by atoms with Crippen LogP contribution in [0.15, 0.2) is 36.5 Å². The Bertz CT molecular complexity index is 664. The molecule has 2 amide bonds. The van der Waals surface area contributed by atoms with Crippen LogP contribution in [0.3, 0.4) is 0 Å². The molecule has 0 bridgehead atoms. The van der Waals surface area contributed by atoms with E-state index < -0.39 is 11.8 Å². The standard InChI is InChI=1S/C13H10Cl2N4O2/c14-10-5-4-8(12(15)19-10)18-11(20)7-17-13(21)9-3-1-2-6-16-9/h1-6H,7H2,(H,17,21)(H,18,20). The van der Waals surface area contributed by atoms with Crippen molar-refractivity contribution in [3.63, 3.8) is 0 Å². The Morgan fingerprint density at radius 3 is 2.62 bits per heavy atom. The van der Waals surface area contributed by atoms with E-state index >= 15 is 0 Å². The third kappa shape index (κ3) is 4.40. The predicted molar refractivity (Wildman–Crippen MR) is 79.5 cm³/mol. The summed E-state index contributed by atoms with van der Waals surface area (Å²) in [6, 6.07) is 7.94. The molecule has 0 aromatic carbocycles. The normalized spacial score (nSPS) is 10.0. The number of aromatic nitrogens is 2. The highest BCUT2D eigenvalue weighted by atomic mass is 35.5. The zero-order valence-electron chi connectivity index (χ0n) is 10.6. The van der Waals surface area contributed by atoms with E-state index in [1.54, 1.807) is 18.2 Å². The van der Waals surface area contributed by atoms with Gasteiger partial charge in [0.05, 0.1) is 12.2 Å². The van der Waals surface area contributed by atoms with Crippen LogP contribution in [0.1, 0.15) is 10.5 Å². The number of anilines is 1. The number of rotatable bonds is 4. The van der Waals surface area contributed by atoms with Gasteiger partial charge in [-0.3, -0.25) is 14.6 Å². The smallest absolute Gasteiger partial charge is 0.270 e. The first-order valence-electron chi connectivity index (χ1n) is 5.87. The van der Waals surface area contributed by atoms with E-state index in [4.69, 9.17) is 23.2 Å². The summed E-state index contributed by atoms with van der Waals surface area (Å²) >= 11 is 11.5. The predicted octanol–water partition coefficient (Wildman–Crippen LogP) is 2.15. The number of carbonyl (C=O) groups excluding carboxylic acids is 2. The summed E-state index contributed by atoms with van der Waals surface area (Å²) < 4.78 is 0. The van der Waals surface area contributed by atoms with Crippen LogP contribution in [0.25, 0.3) is 0 Å². The van der Waals surface area contributed by atoms with Crippen LogP contribution in [0, 0.1) is 0 Å². The molecular formula is C13H10Cl2N4O2. The number of carbonyl (C=O) groups is 2. The largest absolute Gasteiger partial charge is 0.342 e. The van der Waals surface area contributed by atoms with E-state index in [1.807, 2.05) is 0 Å². The highest BCUT2D eigenvalue weighted by molar-refractivity contribution is 6.34. The lowest BCUT2D eigenvalue weighted by Crippen LogP contribution is -2.33. The van der Waals surface area contributed by atoms with Crippen LogP contribution >= 0.6 is 23.2 Å². The van der Waals surface area contributed by atoms with Crippen LogP contribution in [-0.2, 0) is 4.79 Å². The van der Waals surface area contributed by atoms with Gasteiger partial charge in [0.15, 0.2) is 5.15 Å². The van der Waals surface area contributed by atoms with Crippen molar-refractivity contribution >= 4 is 40.7 Å². The minimum Gasteiger partial charge on any atom is -0.342 e. The van der Waals surface area contributed by atoms with Crippen molar-refractivity contribution in [1.29, 1.82) is 0 Å². The van der Waals surface area contributed by atoms with Crippen molar-refractivity contribution in [3.05, 3.63) is 52.5 Å². The molecule has 0 radical (unpaired) electrons. The molecule has 8 heteroatoms. The van der Waals surface area contributed by atoms with E-state index in [1.165, 1.54) is 18.3 Å². The summed E-state index contributed by atoms with van der Waals surface area (Å²) in [5.41, 5.74) is 0.551. The number of nitrogens with one attached hydrogen (secondary N) is 2. The molecule has 2 N–H and O–H groups in total. The molecule has 2 rings (SSSR count). The van der Waals surface area contributed by atoms with E-state index in [0.717, 1.165) is 0 Å². The summed E-state index contributed by atoms with van der Waals surface area (Å²) in [7, 11) is 0. The van der Waals surface area contributed by atoms with Crippen LogP contribution in [-0.4, -0.2) is 28.3 Å². The van der Waals surface area contributed by atoms with Crippen LogP contribution in [0.2, 0.25) is 10.3 Å². The van der Waals surface area contributed by atoms with Gasteiger partial charge in [-0.2, -0.15) is 0 Å². The molecule has 0 saturated heterocycles. The van der Waals surface area contributed by atoms with Crippen LogP contribution in [0.4, 0.5) is 5.69 Å². The Kier molecular flexibility index (Phi) is 5.08. The molecule has 0 aliphatic carbocycles. The second-order valence-corrected chi connectivity index (χ2v) is 4.66. The summed E-state index contributed by atoms with van der Waals surface area (Å²) in [4.78, 5) is 31.1. The van der Waals surface area contributed by atoms with E-state index in [9.17, 15) is 9.59 Å². The van der Waals surface area contributed by atoms with Gasteiger partial charge in [0.25, 0.3) is 5.91 Å². The lowest BCUT2D eigenvalue weighted by molar-refractivity contribution is -0.115. The van der Waals surface area contributed by atoms with Crippen molar-refractivity contribution in [1.82, 2.24) is 15.3 Å². The molecule has 0 unspecified atom stereocenters. The monoisotopic (exact) mass is 324 g/mol. The second kappa shape index (κ2) is 7.01. The first kappa shape index (κ1) is 15.2. The fraction of sp³-hybridized carbons (Fsp3) is 0.0769. The van der Waals surface area contributed by atoms with Gasteiger partial charge in [0.2, 0.25) is 5.91 Å². The van der Waals surface area contributed by atoms with E-state index in [2.05, 4.69) is 20.6 Å². The molecular weight excluding hydrogens is 315 g/mol. The highest BCUT2D eigenvalue weighted by Gasteiger charge is 2.10. The van der Waals surface area contributed by atoms with Gasteiger partial charge in [0, 0.05) is 6.20 Å². The summed E-state index contributed by atoms with van der Waals surface area (Å²) in [6.45, 7) is -0.214. The molecule has 0 aliphatic rings. The zero-order chi connectivity index (χ0) is 15.2. The second-order valence-electron chi connectivity index (χ2n) is 3.92. The van der Waals surface area contributed by atoms with Gasteiger partial charge in [-0.25, -0.2) is 4.98 Å². The third-order valence-corrected chi connectivity index (χ3v) is 2.89. The minimum atomic E-state index is -0.440. The maximum atomic E-state index is 11.7. The fourth-order valence-electron chi connectivity index (χ4n) is 1.45. The minimum absolute atomic E-state index is 0.0758. The molecule has 0 spiro atoms. The Hall–Kier alpha value is -2.18. The number of hydrogen-bond donors (Lipinski definition) is 2. The van der Waals surface area contributed by atoms with Gasteiger partial charge in [-0.1, -0.05) is 29.3 Å². The third-order valence-electron chi connectivity index (χ3n) is 2.40.